The van der Waals surface area contributed by atoms with Gasteiger partial charge in [0.1, 0.15) is 4.90 Å². The second-order valence-electron chi connectivity index (χ2n) is 6.14. The zero-order valence-electron chi connectivity index (χ0n) is 14.8. The molecule has 8 nitrogen and oxygen atoms in total. The van der Waals surface area contributed by atoms with E-state index in [0.29, 0.717) is 17.4 Å². The van der Waals surface area contributed by atoms with Gasteiger partial charge in [0.05, 0.1) is 29.2 Å². The molecule has 0 radical (unpaired) electrons. The number of halogens is 3. The van der Waals surface area contributed by atoms with Crippen LogP contribution in [0.5, 0.6) is 0 Å². The van der Waals surface area contributed by atoms with E-state index in [1.807, 2.05) is 0 Å². The molecular formula is C17H13F3N6O2S. The average Bonchev–Trinajstić information content (AvgIpc) is 3.30. The third kappa shape index (κ3) is 3.53. The lowest BCUT2D eigenvalue weighted by molar-refractivity contribution is -0.137. The second-order valence-corrected chi connectivity index (χ2v) is 7.82. The van der Waals surface area contributed by atoms with Crippen molar-refractivity contribution in [3.63, 3.8) is 0 Å². The van der Waals surface area contributed by atoms with Crippen molar-refractivity contribution in [1.82, 2.24) is 24.5 Å². The van der Waals surface area contributed by atoms with Crippen molar-refractivity contribution in [3.8, 4) is 5.82 Å². The van der Waals surface area contributed by atoms with E-state index in [1.54, 1.807) is 36.1 Å². The summed E-state index contributed by atoms with van der Waals surface area (Å²) in [5.74, 6) is 0.0492. The minimum Gasteiger partial charge on any atom is -0.277 e. The van der Waals surface area contributed by atoms with Gasteiger partial charge in [0, 0.05) is 24.8 Å². The Morgan fingerprint density at radius 3 is 2.48 bits per heavy atom. The van der Waals surface area contributed by atoms with E-state index in [-0.39, 0.29) is 10.7 Å². The lowest BCUT2D eigenvalue weighted by atomic mass is 10.2. The molecule has 0 aliphatic carbocycles. The molecule has 0 spiro atoms. The predicted molar refractivity (Wildman–Crippen MR) is 97.9 cm³/mol. The Kier molecular flexibility index (Phi) is 4.30. The number of alkyl halides is 3. The molecule has 12 heteroatoms. The maximum Gasteiger partial charge on any atom is 0.419 e. The highest BCUT2D eigenvalue weighted by atomic mass is 32.2. The number of rotatable bonds is 4. The van der Waals surface area contributed by atoms with Gasteiger partial charge in [-0.15, -0.1) is 0 Å². The zero-order valence-corrected chi connectivity index (χ0v) is 15.6. The van der Waals surface area contributed by atoms with Crippen molar-refractivity contribution in [2.45, 2.75) is 11.1 Å². The van der Waals surface area contributed by atoms with Crippen LogP contribution in [0.15, 0.2) is 60.0 Å². The molecule has 4 aromatic rings. The minimum absolute atomic E-state index is 0.0492. The molecule has 0 aliphatic heterocycles. The Morgan fingerprint density at radius 2 is 1.83 bits per heavy atom. The molecule has 0 amide bonds. The van der Waals surface area contributed by atoms with Gasteiger partial charge >= 0.3 is 6.18 Å². The molecule has 0 saturated heterocycles. The molecule has 3 heterocycles. The fraction of sp³-hybridized carbons (Fsp3) is 0.118. The van der Waals surface area contributed by atoms with E-state index in [9.17, 15) is 21.6 Å². The topological polar surface area (TPSA) is 94.7 Å². The van der Waals surface area contributed by atoms with E-state index >= 15 is 0 Å². The highest BCUT2D eigenvalue weighted by Crippen LogP contribution is 2.29. The smallest absolute Gasteiger partial charge is 0.277 e. The first kappa shape index (κ1) is 18.9. The molecule has 0 aliphatic rings. The Labute approximate surface area is 162 Å². The van der Waals surface area contributed by atoms with Gasteiger partial charge < -0.3 is 0 Å². The summed E-state index contributed by atoms with van der Waals surface area (Å²) < 4.78 is 68.5. The van der Waals surface area contributed by atoms with Gasteiger partial charge in [0.25, 0.3) is 10.0 Å². The number of nitrogens with one attached hydrogen (secondary N) is 1. The number of aryl methyl sites for hydroxylation is 1. The molecule has 1 N–H and O–H groups in total. The number of aromatic nitrogens is 5. The third-order valence-electron chi connectivity index (χ3n) is 4.18. The molecular weight excluding hydrogens is 409 g/mol. The van der Waals surface area contributed by atoms with Gasteiger partial charge in [-0.3, -0.25) is 9.40 Å². The fourth-order valence-corrected chi connectivity index (χ4v) is 3.79. The lowest BCUT2D eigenvalue weighted by Crippen LogP contribution is -2.14. The Hall–Kier alpha value is -3.41. The van der Waals surface area contributed by atoms with Crippen LogP contribution >= 0.6 is 0 Å². The first-order chi connectivity index (χ1) is 13.6. The first-order valence-electron chi connectivity index (χ1n) is 8.17. The van der Waals surface area contributed by atoms with E-state index in [2.05, 4.69) is 19.9 Å². The number of anilines is 1. The van der Waals surface area contributed by atoms with Crippen molar-refractivity contribution in [2.75, 3.05) is 4.72 Å². The number of hydrogen-bond acceptors (Lipinski definition) is 5. The summed E-state index contributed by atoms with van der Waals surface area (Å²) in [6.45, 7) is 0. The maximum absolute atomic E-state index is 12.7. The van der Waals surface area contributed by atoms with E-state index in [0.717, 1.165) is 22.5 Å². The maximum atomic E-state index is 12.7. The third-order valence-corrected chi connectivity index (χ3v) is 5.53. The Balaban J connectivity index is 1.62. The number of nitrogens with zero attached hydrogens (tertiary/aromatic N) is 5. The predicted octanol–water partition coefficient (Wildman–Crippen LogP) is 2.97. The van der Waals surface area contributed by atoms with Crippen LogP contribution < -0.4 is 4.72 Å². The lowest BCUT2D eigenvalue weighted by Gasteiger charge is -2.10. The Bertz CT molecular complexity index is 1290. The van der Waals surface area contributed by atoms with Crippen LogP contribution in [0.2, 0.25) is 0 Å². The van der Waals surface area contributed by atoms with Crippen LogP contribution in [0, 0.1) is 0 Å². The van der Waals surface area contributed by atoms with Crippen molar-refractivity contribution in [2.24, 2.45) is 7.05 Å². The van der Waals surface area contributed by atoms with Crippen LogP contribution in [0.3, 0.4) is 0 Å². The van der Waals surface area contributed by atoms with Crippen LogP contribution in [0.1, 0.15) is 5.56 Å². The van der Waals surface area contributed by atoms with E-state index in [1.165, 1.54) is 12.1 Å². The van der Waals surface area contributed by atoms with E-state index in [4.69, 9.17) is 0 Å². The highest BCUT2D eigenvalue weighted by Gasteiger charge is 2.32. The normalized spacial score (nSPS) is 12.4. The van der Waals surface area contributed by atoms with E-state index < -0.39 is 21.8 Å². The summed E-state index contributed by atoms with van der Waals surface area (Å²) in [7, 11) is -2.29. The van der Waals surface area contributed by atoms with Crippen molar-refractivity contribution >= 4 is 26.6 Å². The SMILES string of the molecule is Cn1ncc2cccc(NS(=O)(=O)c3ccc(-n4cc(C(F)(F)F)cn4)nc3)c21. The van der Waals surface area contributed by atoms with Crippen molar-refractivity contribution in [3.05, 3.63) is 60.7 Å². The van der Waals surface area contributed by atoms with Gasteiger partial charge in [-0.25, -0.2) is 18.1 Å². The van der Waals surface area contributed by atoms with Gasteiger partial charge in [-0.1, -0.05) is 12.1 Å². The van der Waals surface area contributed by atoms with Crippen LogP contribution in [0.25, 0.3) is 16.7 Å². The average molecular weight is 422 g/mol. The summed E-state index contributed by atoms with van der Waals surface area (Å²) in [5, 5.41) is 8.48. The van der Waals surface area contributed by atoms with Crippen LogP contribution in [0.4, 0.5) is 18.9 Å². The molecule has 29 heavy (non-hydrogen) atoms. The molecule has 0 bridgehead atoms. The zero-order chi connectivity index (χ0) is 20.8. The molecule has 150 valence electrons. The van der Waals surface area contributed by atoms with Crippen molar-refractivity contribution < 1.29 is 21.6 Å². The molecule has 4 rings (SSSR count). The second kappa shape index (κ2) is 6.58. The van der Waals surface area contributed by atoms with Crippen molar-refractivity contribution in [1.29, 1.82) is 0 Å². The number of hydrogen-bond donors (Lipinski definition) is 1. The van der Waals surface area contributed by atoms with Crippen LogP contribution in [-0.2, 0) is 23.2 Å². The molecule has 0 saturated carbocycles. The summed E-state index contributed by atoms with van der Waals surface area (Å²) in [4.78, 5) is 3.77. The number of para-hydroxylation sites is 1. The largest absolute Gasteiger partial charge is 0.419 e. The number of benzene rings is 1. The summed E-state index contributed by atoms with van der Waals surface area (Å²) in [6, 6.07) is 7.61. The van der Waals surface area contributed by atoms with Crippen LogP contribution in [-0.4, -0.2) is 33.0 Å². The summed E-state index contributed by atoms with van der Waals surface area (Å²) in [6.07, 6.45) is -0.419. The minimum atomic E-state index is -4.53. The number of pyridine rings is 1. The summed E-state index contributed by atoms with van der Waals surface area (Å²) >= 11 is 0. The molecule has 0 fully saturated rings. The van der Waals surface area contributed by atoms with Gasteiger partial charge in [-0.05, 0) is 18.2 Å². The monoisotopic (exact) mass is 422 g/mol. The number of fused-ring (bicyclic) bond motifs is 1. The fourth-order valence-electron chi connectivity index (χ4n) is 2.78. The van der Waals surface area contributed by atoms with Gasteiger partial charge in [0.15, 0.2) is 5.82 Å². The number of sulfonamides is 1. The van der Waals surface area contributed by atoms with Gasteiger partial charge in [0.2, 0.25) is 0 Å². The molecule has 1 aromatic carbocycles. The summed E-state index contributed by atoms with van der Waals surface area (Å²) in [5.41, 5.74) is 0.0206. The Morgan fingerprint density at radius 1 is 1.03 bits per heavy atom. The molecule has 3 aromatic heterocycles. The quantitative estimate of drug-likeness (QED) is 0.546. The molecule has 0 atom stereocenters. The molecule has 0 unspecified atom stereocenters. The van der Waals surface area contributed by atoms with Gasteiger partial charge in [-0.2, -0.15) is 23.4 Å². The highest BCUT2D eigenvalue weighted by molar-refractivity contribution is 7.92. The standard InChI is InChI=1S/C17H13F3N6O2S/c1-25-16-11(7-22-25)3-2-4-14(16)24-29(27,28)13-5-6-15(21-9-13)26-10-12(8-23-26)17(18,19)20/h2-10,24H,1H3. The first-order valence-corrected chi connectivity index (χ1v) is 9.65.